The zero-order valence-electron chi connectivity index (χ0n) is 9.80. The highest BCUT2D eigenvalue weighted by atomic mass is 16.4. The molecule has 0 fully saturated rings. The minimum absolute atomic E-state index is 0.0386. The smallest absolute Gasteiger partial charge is 0.332 e. The topological polar surface area (TPSA) is 104 Å². The summed E-state index contributed by atoms with van der Waals surface area (Å²) in [6, 6.07) is -0.625. The zero-order chi connectivity index (χ0) is 13.4. The van der Waals surface area contributed by atoms with Crippen LogP contribution in [0.15, 0.2) is 24.4 Å². The number of hydrogen-bond acceptors (Lipinski definition) is 4. The van der Waals surface area contributed by atoms with E-state index in [0.29, 0.717) is 19.5 Å². The van der Waals surface area contributed by atoms with E-state index in [4.69, 9.17) is 15.9 Å². The van der Waals surface area contributed by atoms with E-state index in [1.807, 2.05) is 6.92 Å². The van der Waals surface area contributed by atoms with E-state index < -0.39 is 18.0 Å². The van der Waals surface area contributed by atoms with Crippen LogP contribution in [-0.2, 0) is 9.59 Å². The van der Waals surface area contributed by atoms with Crippen LogP contribution < -0.4 is 5.73 Å². The molecular formula is C11H18N2O4. The first-order chi connectivity index (χ1) is 7.88. The number of carbonyl (C=O) groups is 2. The fraction of sp³-hybridized carbons (Fsp3) is 0.455. The summed E-state index contributed by atoms with van der Waals surface area (Å²) in [5, 5.41) is 17.1. The molecule has 0 aliphatic heterocycles. The van der Waals surface area contributed by atoms with Gasteiger partial charge in [0.05, 0.1) is 0 Å². The summed E-state index contributed by atoms with van der Waals surface area (Å²) in [7, 11) is 0. The number of nitrogens with zero attached hydrogens (tertiary/aromatic N) is 1. The van der Waals surface area contributed by atoms with E-state index in [2.05, 4.69) is 6.58 Å². The van der Waals surface area contributed by atoms with Gasteiger partial charge in [-0.15, -0.1) is 0 Å². The first-order valence-electron chi connectivity index (χ1n) is 5.21. The van der Waals surface area contributed by atoms with Gasteiger partial charge in [-0.1, -0.05) is 6.58 Å². The van der Waals surface area contributed by atoms with Gasteiger partial charge in [0.1, 0.15) is 0 Å². The summed E-state index contributed by atoms with van der Waals surface area (Å²) in [6.07, 6.45) is 2.88. The van der Waals surface area contributed by atoms with E-state index in [1.54, 1.807) is 4.90 Å². The van der Waals surface area contributed by atoms with Crippen LogP contribution in [0.3, 0.4) is 0 Å². The molecule has 0 aliphatic carbocycles. The predicted octanol–water partition coefficient (Wildman–Crippen LogP) is 0.265. The molecule has 0 aromatic carbocycles. The van der Waals surface area contributed by atoms with E-state index >= 15 is 0 Å². The maximum Gasteiger partial charge on any atom is 0.332 e. The molecule has 0 aliphatic rings. The number of hydrogen-bond donors (Lipinski definition) is 3. The van der Waals surface area contributed by atoms with Gasteiger partial charge in [0, 0.05) is 37.0 Å². The van der Waals surface area contributed by atoms with E-state index in [0.717, 1.165) is 6.08 Å². The highest BCUT2D eigenvalue weighted by Crippen LogP contribution is 2.03. The Morgan fingerprint density at radius 3 is 2.47 bits per heavy atom. The molecule has 1 unspecified atom stereocenters. The van der Waals surface area contributed by atoms with Gasteiger partial charge in [-0.05, 0) is 13.3 Å². The van der Waals surface area contributed by atoms with Gasteiger partial charge in [0.15, 0.2) is 0 Å². The second-order valence-electron chi connectivity index (χ2n) is 3.51. The van der Waals surface area contributed by atoms with Crippen LogP contribution >= 0.6 is 0 Å². The van der Waals surface area contributed by atoms with Crippen LogP contribution in [0, 0.1) is 0 Å². The largest absolute Gasteiger partial charge is 0.478 e. The lowest BCUT2D eigenvalue weighted by atomic mass is 10.1. The van der Waals surface area contributed by atoms with Gasteiger partial charge < -0.3 is 20.8 Å². The van der Waals surface area contributed by atoms with Crippen LogP contribution in [-0.4, -0.2) is 46.2 Å². The molecule has 0 saturated heterocycles. The summed E-state index contributed by atoms with van der Waals surface area (Å²) >= 11 is 0. The third kappa shape index (κ3) is 6.36. The van der Waals surface area contributed by atoms with E-state index in [1.165, 1.54) is 6.20 Å². The van der Waals surface area contributed by atoms with Gasteiger partial charge >= 0.3 is 11.9 Å². The first-order valence-corrected chi connectivity index (χ1v) is 5.21. The molecule has 0 heterocycles. The van der Waals surface area contributed by atoms with Gasteiger partial charge in [-0.2, -0.15) is 0 Å². The fourth-order valence-corrected chi connectivity index (χ4v) is 1.14. The van der Waals surface area contributed by atoms with Crippen molar-refractivity contribution < 1.29 is 19.8 Å². The number of carboxylic acids is 2. The third-order valence-corrected chi connectivity index (χ3v) is 2.28. The summed E-state index contributed by atoms with van der Waals surface area (Å²) in [5.41, 5.74) is 5.59. The van der Waals surface area contributed by atoms with Crippen molar-refractivity contribution in [3.63, 3.8) is 0 Å². The van der Waals surface area contributed by atoms with Gasteiger partial charge in [0.25, 0.3) is 0 Å². The molecular weight excluding hydrogens is 224 g/mol. The van der Waals surface area contributed by atoms with Crippen LogP contribution in [0.25, 0.3) is 0 Å². The molecule has 17 heavy (non-hydrogen) atoms. The first kappa shape index (κ1) is 15.2. The van der Waals surface area contributed by atoms with Gasteiger partial charge in [-0.3, -0.25) is 0 Å². The molecule has 96 valence electrons. The minimum atomic E-state index is -1.11. The average molecular weight is 242 g/mol. The minimum Gasteiger partial charge on any atom is -0.478 e. The van der Waals surface area contributed by atoms with Crippen molar-refractivity contribution in [3.05, 3.63) is 24.4 Å². The fourth-order valence-electron chi connectivity index (χ4n) is 1.14. The summed E-state index contributed by atoms with van der Waals surface area (Å²) < 4.78 is 0. The highest BCUT2D eigenvalue weighted by Gasteiger charge is 2.14. The maximum atomic E-state index is 10.6. The lowest BCUT2D eigenvalue weighted by Crippen LogP contribution is -2.31. The van der Waals surface area contributed by atoms with E-state index in [-0.39, 0.29) is 5.57 Å². The Morgan fingerprint density at radius 2 is 2.06 bits per heavy atom. The van der Waals surface area contributed by atoms with Crippen molar-refractivity contribution in [2.75, 3.05) is 13.1 Å². The van der Waals surface area contributed by atoms with Crippen LogP contribution in [0.1, 0.15) is 13.3 Å². The van der Waals surface area contributed by atoms with Gasteiger partial charge in [-0.25, -0.2) is 9.59 Å². The second-order valence-corrected chi connectivity index (χ2v) is 3.51. The monoisotopic (exact) mass is 242 g/mol. The molecule has 6 heteroatoms. The summed E-state index contributed by atoms with van der Waals surface area (Å²) in [6.45, 7) is 6.34. The Labute approximate surface area is 100 Å². The molecule has 6 nitrogen and oxygen atoms in total. The predicted molar refractivity (Wildman–Crippen MR) is 63.4 cm³/mol. The Bertz CT molecular complexity index is 325. The Kier molecular flexibility index (Phi) is 6.65. The van der Waals surface area contributed by atoms with Crippen molar-refractivity contribution in [2.24, 2.45) is 5.73 Å². The van der Waals surface area contributed by atoms with Crippen LogP contribution in [0.4, 0.5) is 0 Å². The lowest BCUT2D eigenvalue weighted by Gasteiger charge is -2.20. The number of carboxylic acid groups (broad SMARTS) is 2. The molecule has 0 rings (SSSR count). The molecule has 0 aromatic heterocycles. The van der Waals surface area contributed by atoms with Crippen molar-refractivity contribution in [1.82, 2.24) is 4.90 Å². The SMILES string of the molecule is C=C(C(=O)O)C(N)CCN(C=CC(=O)O)CC. The Hall–Kier alpha value is -1.82. The molecule has 4 N–H and O–H groups in total. The Balaban J connectivity index is 4.19. The molecule has 1 atom stereocenters. The molecule has 0 saturated carbocycles. The normalized spacial score (nSPS) is 12.4. The molecule has 0 aromatic rings. The Morgan fingerprint density at radius 1 is 1.47 bits per heavy atom. The van der Waals surface area contributed by atoms with Gasteiger partial charge in [0.2, 0.25) is 0 Å². The van der Waals surface area contributed by atoms with Crippen molar-refractivity contribution in [3.8, 4) is 0 Å². The van der Waals surface area contributed by atoms with Crippen molar-refractivity contribution >= 4 is 11.9 Å². The quantitative estimate of drug-likeness (QED) is 0.528. The molecule has 0 amide bonds. The summed E-state index contributed by atoms with van der Waals surface area (Å²) in [4.78, 5) is 22.6. The van der Waals surface area contributed by atoms with Crippen LogP contribution in [0.5, 0.6) is 0 Å². The maximum absolute atomic E-state index is 10.6. The molecule has 0 radical (unpaired) electrons. The highest BCUT2D eigenvalue weighted by molar-refractivity contribution is 5.87. The third-order valence-electron chi connectivity index (χ3n) is 2.28. The lowest BCUT2D eigenvalue weighted by molar-refractivity contribution is -0.133. The molecule has 0 spiro atoms. The number of rotatable bonds is 8. The zero-order valence-corrected chi connectivity index (χ0v) is 9.80. The summed E-state index contributed by atoms with van der Waals surface area (Å²) in [5.74, 6) is -2.13. The van der Waals surface area contributed by atoms with Crippen molar-refractivity contribution in [2.45, 2.75) is 19.4 Å². The van der Waals surface area contributed by atoms with Crippen LogP contribution in [0.2, 0.25) is 0 Å². The average Bonchev–Trinajstić information content (AvgIpc) is 2.27. The number of aliphatic carboxylic acids is 2. The molecule has 0 bridgehead atoms. The van der Waals surface area contributed by atoms with Crippen molar-refractivity contribution in [1.29, 1.82) is 0 Å². The second kappa shape index (κ2) is 7.45. The van der Waals surface area contributed by atoms with E-state index in [9.17, 15) is 9.59 Å². The number of nitrogens with two attached hydrogens (primary N) is 1. The standard InChI is InChI=1S/C11H18N2O4/c1-3-13(7-5-10(14)15)6-4-9(12)8(2)11(16)17/h5,7,9H,2-4,6,12H2,1H3,(H,14,15)(H,16,17).